The van der Waals surface area contributed by atoms with Crippen LogP contribution in [-0.4, -0.2) is 69.6 Å². The zero-order valence-electron chi connectivity index (χ0n) is 12.1. The van der Waals surface area contributed by atoms with Gasteiger partial charge in [-0.15, -0.1) is 0 Å². The zero-order chi connectivity index (χ0) is 14.5. The molecule has 112 valence electrons. The molecule has 0 bridgehead atoms. The highest BCUT2D eigenvalue weighted by atomic mass is 32.2. The van der Waals surface area contributed by atoms with E-state index in [2.05, 4.69) is 5.32 Å². The molecule has 6 nitrogen and oxygen atoms in total. The number of nitrogens with one attached hydrogen (secondary N) is 1. The van der Waals surface area contributed by atoms with Crippen LogP contribution in [-0.2, 0) is 14.8 Å². The summed E-state index contributed by atoms with van der Waals surface area (Å²) in [6.45, 7) is 3.88. The monoisotopic (exact) mass is 291 g/mol. The minimum absolute atomic E-state index is 0.0298. The summed E-state index contributed by atoms with van der Waals surface area (Å²) in [5.74, 6) is -0.141. The molecule has 0 aromatic heterocycles. The van der Waals surface area contributed by atoms with Crippen molar-refractivity contribution in [3.05, 3.63) is 0 Å². The van der Waals surface area contributed by atoms with Crippen molar-refractivity contribution in [3.63, 3.8) is 0 Å². The maximum absolute atomic E-state index is 12.0. The van der Waals surface area contributed by atoms with Gasteiger partial charge in [-0.25, -0.2) is 12.7 Å². The quantitative estimate of drug-likeness (QED) is 0.731. The van der Waals surface area contributed by atoms with Crippen LogP contribution >= 0.6 is 0 Å². The van der Waals surface area contributed by atoms with E-state index in [4.69, 9.17) is 0 Å². The van der Waals surface area contributed by atoms with E-state index in [0.717, 1.165) is 19.4 Å². The van der Waals surface area contributed by atoms with Crippen LogP contribution in [0.1, 0.15) is 19.8 Å². The lowest BCUT2D eigenvalue weighted by Crippen LogP contribution is -2.46. The average molecular weight is 291 g/mol. The second kappa shape index (κ2) is 7.21. The molecule has 19 heavy (non-hydrogen) atoms. The molecule has 1 heterocycles. The number of carbonyl (C=O) groups excluding carboxylic acids is 1. The first kappa shape index (κ1) is 16.4. The van der Waals surface area contributed by atoms with Gasteiger partial charge in [-0.2, -0.15) is 0 Å². The summed E-state index contributed by atoms with van der Waals surface area (Å²) in [5.41, 5.74) is 0. The van der Waals surface area contributed by atoms with Gasteiger partial charge in [0.15, 0.2) is 0 Å². The van der Waals surface area contributed by atoms with Gasteiger partial charge in [0.2, 0.25) is 15.9 Å². The molecule has 1 aliphatic rings. The van der Waals surface area contributed by atoms with Crippen LogP contribution in [0, 0.1) is 5.92 Å². The van der Waals surface area contributed by atoms with E-state index in [1.54, 1.807) is 6.92 Å². The normalized spacial score (nSPS) is 21.6. The van der Waals surface area contributed by atoms with Crippen LogP contribution in [0.3, 0.4) is 0 Å². The fourth-order valence-electron chi connectivity index (χ4n) is 2.14. The highest BCUT2D eigenvalue weighted by Crippen LogP contribution is 2.19. The van der Waals surface area contributed by atoms with Crippen molar-refractivity contribution in [1.82, 2.24) is 14.5 Å². The SMILES string of the molecule is CCS(=O)(=O)N1CCCC(C(=O)NCCN(C)C)C1. The Balaban J connectivity index is 2.48. The Kier molecular flexibility index (Phi) is 6.22. The minimum Gasteiger partial charge on any atom is -0.355 e. The molecule has 1 saturated heterocycles. The Bertz CT molecular complexity index is 395. The maximum Gasteiger partial charge on any atom is 0.224 e. The van der Waals surface area contributed by atoms with Crippen LogP contribution in [0.5, 0.6) is 0 Å². The molecule has 0 radical (unpaired) electrons. The van der Waals surface area contributed by atoms with Gasteiger partial charge in [0.25, 0.3) is 0 Å². The van der Waals surface area contributed by atoms with Gasteiger partial charge in [-0.3, -0.25) is 4.79 Å². The number of carbonyl (C=O) groups is 1. The molecular weight excluding hydrogens is 266 g/mol. The molecule has 0 spiro atoms. The van der Waals surface area contributed by atoms with Gasteiger partial charge in [0, 0.05) is 26.2 Å². The fraction of sp³-hybridized carbons (Fsp3) is 0.917. The molecule has 1 rings (SSSR count). The molecule has 1 fully saturated rings. The van der Waals surface area contributed by atoms with Crippen molar-refractivity contribution in [2.75, 3.05) is 46.0 Å². The third-order valence-electron chi connectivity index (χ3n) is 3.37. The van der Waals surface area contributed by atoms with Crippen molar-refractivity contribution >= 4 is 15.9 Å². The van der Waals surface area contributed by atoms with Crippen LogP contribution in [0.4, 0.5) is 0 Å². The molecule has 0 aromatic carbocycles. The number of likely N-dealkylation sites (N-methyl/N-ethyl adjacent to an activating group) is 1. The predicted molar refractivity (Wildman–Crippen MR) is 75.3 cm³/mol. The van der Waals surface area contributed by atoms with Gasteiger partial charge >= 0.3 is 0 Å². The van der Waals surface area contributed by atoms with E-state index in [0.29, 0.717) is 19.6 Å². The smallest absolute Gasteiger partial charge is 0.224 e. The predicted octanol–water partition coefficient (Wildman–Crippen LogP) is -0.274. The number of amides is 1. The van der Waals surface area contributed by atoms with Gasteiger partial charge in [-0.05, 0) is 33.9 Å². The lowest BCUT2D eigenvalue weighted by atomic mass is 9.99. The van der Waals surface area contributed by atoms with E-state index in [1.165, 1.54) is 4.31 Å². The number of nitrogens with zero attached hydrogens (tertiary/aromatic N) is 2. The van der Waals surface area contributed by atoms with E-state index in [1.807, 2.05) is 19.0 Å². The first-order valence-electron chi connectivity index (χ1n) is 6.77. The Hall–Kier alpha value is -0.660. The van der Waals surface area contributed by atoms with Gasteiger partial charge in [0.05, 0.1) is 11.7 Å². The van der Waals surface area contributed by atoms with E-state index >= 15 is 0 Å². The summed E-state index contributed by atoms with van der Waals surface area (Å²) >= 11 is 0. The second-order valence-corrected chi connectivity index (χ2v) is 7.45. The average Bonchev–Trinajstić information content (AvgIpc) is 2.38. The third kappa shape index (κ3) is 5.08. The molecular formula is C12H25N3O3S. The Morgan fingerprint density at radius 3 is 2.68 bits per heavy atom. The van der Waals surface area contributed by atoms with Crippen molar-refractivity contribution in [2.24, 2.45) is 5.92 Å². The first-order chi connectivity index (χ1) is 8.86. The number of rotatable bonds is 6. The Labute approximate surface area is 116 Å². The Morgan fingerprint density at radius 2 is 2.11 bits per heavy atom. The lowest BCUT2D eigenvalue weighted by molar-refractivity contribution is -0.126. The van der Waals surface area contributed by atoms with E-state index < -0.39 is 10.0 Å². The molecule has 0 saturated carbocycles. The minimum atomic E-state index is -3.18. The fourth-order valence-corrected chi connectivity index (χ4v) is 3.32. The molecule has 1 amide bonds. The standard InChI is InChI=1S/C12H25N3O3S/c1-4-19(17,18)15-8-5-6-11(10-15)12(16)13-7-9-14(2)3/h11H,4-10H2,1-3H3,(H,13,16). The van der Waals surface area contributed by atoms with E-state index in [-0.39, 0.29) is 17.6 Å². The van der Waals surface area contributed by atoms with Crippen molar-refractivity contribution in [2.45, 2.75) is 19.8 Å². The summed E-state index contributed by atoms with van der Waals surface area (Å²) in [6, 6.07) is 0. The lowest BCUT2D eigenvalue weighted by Gasteiger charge is -2.31. The number of hydrogen-bond acceptors (Lipinski definition) is 4. The van der Waals surface area contributed by atoms with Gasteiger partial charge in [-0.1, -0.05) is 0 Å². The molecule has 0 aromatic rings. The van der Waals surface area contributed by atoms with Crippen LogP contribution < -0.4 is 5.32 Å². The molecule has 7 heteroatoms. The van der Waals surface area contributed by atoms with Crippen molar-refractivity contribution in [3.8, 4) is 0 Å². The number of sulfonamides is 1. The number of hydrogen-bond donors (Lipinski definition) is 1. The molecule has 1 unspecified atom stereocenters. The summed E-state index contributed by atoms with van der Waals surface area (Å²) in [5, 5.41) is 2.87. The van der Waals surface area contributed by atoms with Crippen LogP contribution in [0.15, 0.2) is 0 Å². The molecule has 1 aliphatic heterocycles. The van der Waals surface area contributed by atoms with Crippen LogP contribution in [0.25, 0.3) is 0 Å². The summed E-state index contributed by atoms with van der Waals surface area (Å²) in [7, 11) is 0.717. The first-order valence-corrected chi connectivity index (χ1v) is 8.38. The molecule has 1 atom stereocenters. The maximum atomic E-state index is 12.0. The summed E-state index contributed by atoms with van der Waals surface area (Å²) in [4.78, 5) is 14.0. The molecule has 0 aliphatic carbocycles. The highest BCUT2D eigenvalue weighted by Gasteiger charge is 2.31. The second-order valence-electron chi connectivity index (χ2n) is 5.19. The van der Waals surface area contributed by atoms with Crippen molar-refractivity contribution < 1.29 is 13.2 Å². The largest absolute Gasteiger partial charge is 0.355 e. The molecule has 1 N–H and O–H groups in total. The van der Waals surface area contributed by atoms with Crippen LogP contribution in [0.2, 0.25) is 0 Å². The summed E-state index contributed by atoms with van der Waals surface area (Å²) < 4.78 is 25.1. The van der Waals surface area contributed by atoms with Crippen molar-refractivity contribution in [1.29, 1.82) is 0 Å². The highest BCUT2D eigenvalue weighted by molar-refractivity contribution is 7.89. The summed E-state index contributed by atoms with van der Waals surface area (Å²) in [6.07, 6.45) is 1.52. The zero-order valence-corrected chi connectivity index (χ0v) is 12.9. The van der Waals surface area contributed by atoms with Gasteiger partial charge in [0.1, 0.15) is 0 Å². The van der Waals surface area contributed by atoms with Gasteiger partial charge < -0.3 is 10.2 Å². The third-order valence-corrected chi connectivity index (χ3v) is 5.22. The Morgan fingerprint density at radius 1 is 1.42 bits per heavy atom. The van der Waals surface area contributed by atoms with E-state index in [9.17, 15) is 13.2 Å². The number of piperidine rings is 1. The topological polar surface area (TPSA) is 69.7 Å².